The molecule has 0 aromatic heterocycles. The largest absolute Gasteiger partial charge is 0.394 e. The maximum atomic E-state index is 9.55. The van der Waals surface area contributed by atoms with Gasteiger partial charge in [-0.15, -0.1) is 0 Å². The third kappa shape index (κ3) is 2.74. The van der Waals surface area contributed by atoms with Crippen LogP contribution in [0.5, 0.6) is 0 Å². The molecule has 3 atom stereocenters. The first kappa shape index (κ1) is 14.0. The maximum absolute atomic E-state index is 9.55. The quantitative estimate of drug-likeness (QED) is 0.827. The summed E-state index contributed by atoms with van der Waals surface area (Å²) in [6, 6.07) is 17.8. The first-order valence-electron chi connectivity index (χ1n) is 6.50. The first-order valence-corrected chi connectivity index (χ1v) is 7.58. The summed E-state index contributed by atoms with van der Waals surface area (Å²) >= 11 is 2.28. The highest BCUT2D eigenvalue weighted by Gasteiger charge is 2.38. The van der Waals surface area contributed by atoms with Gasteiger partial charge in [-0.05, 0) is 34.2 Å². The number of halogens is 1. The minimum atomic E-state index is -0.422. The maximum Gasteiger partial charge on any atom is 0.185 e. The molecule has 2 aromatic rings. The Morgan fingerprint density at radius 1 is 0.950 bits per heavy atom. The lowest BCUT2D eigenvalue weighted by atomic mass is 10.1. The van der Waals surface area contributed by atoms with Gasteiger partial charge in [-0.25, -0.2) is 0 Å². The van der Waals surface area contributed by atoms with Crippen LogP contribution in [-0.2, 0) is 9.47 Å². The molecule has 0 spiro atoms. The van der Waals surface area contributed by atoms with E-state index >= 15 is 0 Å². The van der Waals surface area contributed by atoms with Crippen molar-refractivity contribution in [1.29, 1.82) is 0 Å². The van der Waals surface area contributed by atoms with E-state index in [9.17, 15) is 5.11 Å². The van der Waals surface area contributed by atoms with Crippen molar-refractivity contribution in [3.05, 3.63) is 69.3 Å². The van der Waals surface area contributed by atoms with Crippen LogP contribution in [0, 0.1) is 3.57 Å². The SMILES string of the molecule is OC[C@H]1OC(c2ccccc2)O[C@@H]1c1ccccc1I. The second-order valence-electron chi connectivity index (χ2n) is 4.68. The number of benzene rings is 2. The number of aliphatic hydroxyl groups is 1. The third-order valence-corrected chi connectivity index (χ3v) is 4.35. The van der Waals surface area contributed by atoms with Crippen LogP contribution in [0.2, 0.25) is 0 Å². The van der Waals surface area contributed by atoms with Crippen molar-refractivity contribution < 1.29 is 14.6 Å². The number of hydrogen-bond acceptors (Lipinski definition) is 3. The molecule has 0 aliphatic carbocycles. The molecule has 1 heterocycles. The van der Waals surface area contributed by atoms with Crippen LogP contribution in [-0.4, -0.2) is 17.8 Å². The molecule has 20 heavy (non-hydrogen) atoms. The first-order chi connectivity index (χ1) is 9.79. The minimum Gasteiger partial charge on any atom is -0.394 e. The Kier molecular flexibility index (Phi) is 4.35. The zero-order chi connectivity index (χ0) is 13.9. The molecule has 1 aliphatic heterocycles. The van der Waals surface area contributed by atoms with Crippen LogP contribution < -0.4 is 0 Å². The van der Waals surface area contributed by atoms with Crippen LogP contribution >= 0.6 is 22.6 Å². The molecule has 0 saturated carbocycles. The summed E-state index contributed by atoms with van der Waals surface area (Å²) in [4.78, 5) is 0. The zero-order valence-corrected chi connectivity index (χ0v) is 12.9. The van der Waals surface area contributed by atoms with Gasteiger partial charge in [0.2, 0.25) is 0 Å². The Labute approximate surface area is 131 Å². The molecule has 1 fully saturated rings. The van der Waals surface area contributed by atoms with Gasteiger partial charge in [-0.2, -0.15) is 0 Å². The van der Waals surface area contributed by atoms with Crippen molar-refractivity contribution in [3.8, 4) is 0 Å². The zero-order valence-electron chi connectivity index (χ0n) is 10.8. The fourth-order valence-electron chi connectivity index (χ4n) is 2.37. The number of ether oxygens (including phenoxy) is 2. The number of hydrogen-bond donors (Lipinski definition) is 1. The van der Waals surface area contributed by atoms with Crippen molar-refractivity contribution in [2.75, 3.05) is 6.61 Å². The Balaban J connectivity index is 1.87. The standard InChI is InChI=1S/C16H15IO3/c17-13-9-5-4-8-12(13)15-14(10-18)19-16(20-15)11-6-2-1-3-7-11/h1-9,14-16,18H,10H2/t14-,15-,16?/m1/s1. The molecule has 4 heteroatoms. The van der Waals surface area contributed by atoms with Gasteiger partial charge in [0, 0.05) is 9.13 Å². The molecule has 1 unspecified atom stereocenters. The molecule has 3 rings (SSSR count). The average molecular weight is 382 g/mol. The van der Waals surface area contributed by atoms with Crippen LogP contribution in [0.3, 0.4) is 0 Å². The van der Waals surface area contributed by atoms with E-state index in [1.165, 1.54) is 0 Å². The molecule has 2 aromatic carbocycles. The van der Waals surface area contributed by atoms with Crippen molar-refractivity contribution in [1.82, 2.24) is 0 Å². The van der Waals surface area contributed by atoms with Crippen molar-refractivity contribution in [2.45, 2.75) is 18.5 Å². The van der Waals surface area contributed by atoms with E-state index in [2.05, 4.69) is 22.6 Å². The lowest BCUT2D eigenvalue weighted by molar-refractivity contribution is -0.0740. The van der Waals surface area contributed by atoms with Crippen LogP contribution in [0.4, 0.5) is 0 Å². The summed E-state index contributed by atoms with van der Waals surface area (Å²) in [6.07, 6.45) is -0.996. The molecule has 3 nitrogen and oxygen atoms in total. The summed E-state index contributed by atoms with van der Waals surface area (Å²) in [5.41, 5.74) is 2.03. The Bertz CT molecular complexity index is 573. The van der Waals surface area contributed by atoms with Gasteiger partial charge >= 0.3 is 0 Å². The fraction of sp³-hybridized carbons (Fsp3) is 0.250. The van der Waals surface area contributed by atoms with E-state index in [0.29, 0.717) is 0 Å². The normalized spacial score (nSPS) is 25.8. The summed E-state index contributed by atoms with van der Waals surface area (Å²) in [7, 11) is 0. The molecule has 104 valence electrons. The van der Waals surface area contributed by atoms with E-state index in [0.717, 1.165) is 14.7 Å². The minimum absolute atomic E-state index is 0.0566. The number of rotatable bonds is 3. The third-order valence-electron chi connectivity index (χ3n) is 3.37. The van der Waals surface area contributed by atoms with Gasteiger partial charge in [0.1, 0.15) is 12.2 Å². The highest BCUT2D eigenvalue weighted by molar-refractivity contribution is 14.1. The summed E-state index contributed by atoms with van der Waals surface area (Å²) < 4.78 is 13.0. The van der Waals surface area contributed by atoms with Gasteiger partial charge < -0.3 is 14.6 Å². The Morgan fingerprint density at radius 3 is 2.35 bits per heavy atom. The molecule has 0 radical (unpaired) electrons. The monoisotopic (exact) mass is 382 g/mol. The van der Waals surface area contributed by atoms with Gasteiger partial charge in [0.05, 0.1) is 6.61 Å². The average Bonchev–Trinajstić information content (AvgIpc) is 2.93. The molecular weight excluding hydrogens is 367 g/mol. The van der Waals surface area contributed by atoms with E-state index < -0.39 is 6.29 Å². The molecule has 0 amide bonds. The van der Waals surface area contributed by atoms with Crippen LogP contribution in [0.1, 0.15) is 23.5 Å². The van der Waals surface area contributed by atoms with Gasteiger partial charge in [-0.3, -0.25) is 0 Å². The highest BCUT2D eigenvalue weighted by Crippen LogP contribution is 2.40. The van der Waals surface area contributed by atoms with E-state index in [1.807, 2.05) is 54.6 Å². The van der Waals surface area contributed by atoms with Crippen LogP contribution in [0.15, 0.2) is 54.6 Å². The molecule has 0 bridgehead atoms. The second-order valence-corrected chi connectivity index (χ2v) is 5.84. The molecular formula is C16H15IO3. The molecule has 1 N–H and O–H groups in total. The Hall–Kier alpha value is -0.950. The van der Waals surface area contributed by atoms with Crippen molar-refractivity contribution >= 4 is 22.6 Å². The van der Waals surface area contributed by atoms with E-state index in [1.54, 1.807) is 0 Å². The molecule has 1 saturated heterocycles. The lowest BCUT2D eigenvalue weighted by Crippen LogP contribution is -2.20. The topological polar surface area (TPSA) is 38.7 Å². The van der Waals surface area contributed by atoms with E-state index in [-0.39, 0.29) is 18.8 Å². The fourth-order valence-corrected chi connectivity index (χ4v) is 3.06. The predicted molar refractivity (Wildman–Crippen MR) is 84.1 cm³/mol. The summed E-state index contributed by atoms with van der Waals surface area (Å²) in [6.45, 7) is -0.0566. The summed E-state index contributed by atoms with van der Waals surface area (Å²) in [5.74, 6) is 0. The van der Waals surface area contributed by atoms with Crippen molar-refractivity contribution in [3.63, 3.8) is 0 Å². The smallest absolute Gasteiger partial charge is 0.185 e. The molecule has 1 aliphatic rings. The van der Waals surface area contributed by atoms with Gasteiger partial charge in [0.15, 0.2) is 6.29 Å². The lowest BCUT2D eigenvalue weighted by Gasteiger charge is -2.16. The second kappa shape index (κ2) is 6.22. The number of aliphatic hydroxyl groups excluding tert-OH is 1. The van der Waals surface area contributed by atoms with Crippen LogP contribution in [0.25, 0.3) is 0 Å². The van der Waals surface area contributed by atoms with Crippen molar-refractivity contribution in [2.24, 2.45) is 0 Å². The summed E-state index contributed by atoms with van der Waals surface area (Å²) in [5, 5.41) is 9.55. The highest BCUT2D eigenvalue weighted by atomic mass is 127. The predicted octanol–water partition coefficient (Wildman–Crippen LogP) is 3.44. The van der Waals surface area contributed by atoms with E-state index in [4.69, 9.17) is 9.47 Å². The van der Waals surface area contributed by atoms with Gasteiger partial charge in [0.25, 0.3) is 0 Å². The van der Waals surface area contributed by atoms with Gasteiger partial charge in [-0.1, -0.05) is 48.5 Å². The Morgan fingerprint density at radius 2 is 1.65 bits per heavy atom.